The Kier molecular flexibility index (Phi) is 3.03. The zero-order valence-electron chi connectivity index (χ0n) is 8.49. The number of carbonyl (C=O) groups is 1. The summed E-state index contributed by atoms with van der Waals surface area (Å²) < 4.78 is 28.5. The van der Waals surface area contributed by atoms with E-state index >= 15 is 0 Å². The molecule has 7 heteroatoms. The number of aromatic carboxylic acids is 1. The summed E-state index contributed by atoms with van der Waals surface area (Å²) in [6, 6.07) is 5.74. The predicted octanol–water partition coefficient (Wildman–Crippen LogP) is 2.01. The van der Waals surface area contributed by atoms with Crippen LogP contribution in [0.3, 0.4) is 0 Å². The van der Waals surface area contributed by atoms with Gasteiger partial charge in [-0.1, -0.05) is 6.07 Å². The molecule has 2 rings (SSSR count). The van der Waals surface area contributed by atoms with Crippen molar-refractivity contribution in [2.24, 2.45) is 0 Å². The second kappa shape index (κ2) is 4.34. The van der Waals surface area contributed by atoms with E-state index in [0.29, 0.717) is 4.88 Å². The van der Waals surface area contributed by atoms with Gasteiger partial charge in [0.15, 0.2) is 0 Å². The monoisotopic (exact) mass is 272 g/mol. The minimum Gasteiger partial charge on any atom is -0.475 e. The maximum Gasteiger partial charge on any atom is 0.371 e. The van der Waals surface area contributed by atoms with Gasteiger partial charge in [0.2, 0.25) is 20.7 Å². The lowest BCUT2D eigenvalue weighted by molar-refractivity contribution is 0.0656. The number of furan rings is 1. The van der Waals surface area contributed by atoms with Crippen LogP contribution in [0.2, 0.25) is 0 Å². The van der Waals surface area contributed by atoms with Crippen molar-refractivity contribution in [2.45, 2.75) is 10.8 Å². The maximum absolute atomic E-state index is 11.9. The molecule has 0 aliphatic rings. The van der Waals surface area contributed by atoms with E-state index in [-0.39, 0.29) is 16.6 Å². The summed E-state index contributed by atoms with van der Waals surface area (Å²) in [6.45, 7) is 0. The minimum atomic E-state index is -3.62. The van der Waals surface area contributed by atoms with Gasteiger partial charge in [-0.05, 0) is 23.6 Å². The smallest absolute Gasteiger partial charge is 0.371 e. The molecule has 5 nitrogen and oxygen atoms in total. The Labute approximate surface area is 101 Å². The summed E-state index contributed by atoms with van der Waals surface area (Å²) in [6.07, 6.45) is 0. The lowest BCUT2D eigenvalue weighted by Crippen LogP contribution is -2.02. The fraction of sp³-hybridized carbons (Fsp3) is 0.100. The Balaban J connectivity index is 2.28. The summed E-state index contributed by atoms with van der Waals surface area (Å²) in [5.41, 5.74) is 0. The molecular formula is C10H8O5S2. The van der Waals surface area contributed by atoms with Crippen molar-refractivity contribution >= 4 is 27.1 Å². The molecule has 0 atom stereocenters. The van der Waals surface area contributed by atoms with Gasteiger partial charge in [-0.2, -0.15) is 0 Å². The third-order valence-electron chi connectivity index (χ3n) is 2.01. The summed E-state index contributed by atoms with van der Waals surface area (Å²) in [4.78, 5) is 11.3. The number of carboxylic acid groups (broad SMARTS) is 1. The van der Waals surface area contributed by atoms with Crippen LogP contribution in [0.15, 0.2) is 39.2 Å². The van der Waals surface area contributed by atoms with Crippen LogP contribution in [0, 0.1) is 0 Å². The number of carboxylic acids is 1. The normalized spacial score (nSPS) is 11.5. The molecule has 0 fully saturated rings. The highest BCUT2D eigenvalue weighted by Crippen LogP contribution is 2.21. The molecule has 0 aliphatic carbocycles. The number of sulfone groups is 1. The van der Waals surface area contributed by atoms with Gasteiger partial charge in [0.05, 0.1) is 5.75 Å². The quantitative estimate of drug-likeness (QED) is 0.920. The largest absolute Gasteiger partial charge is 0.475 e. The molecular weight excluding hydrogens is 264 g/mol. The van der Waals surface area contributed by atoms with Crippen LogP contribution in [0.1, 0.15) is 15.4 Å². The van der Waals surface area contributed by atoms with Gasteiger partial charge in [0, 0.05) is 4.88 Å². The third kappa shape index (κ3) is 2.56. The van der Waals surface area contributed by atoms with E-state index in [4.69, 9.17) is 9.52 Å². The molecule has 0 aromatic carbocycles. The highest BCUT2D eigenvalue weighted by molar-refractivity contribution is 7.90. The van der Waals surface area contributed by atoms with Crippen molar-refractivity contribution in [2.75, 3.05) is 0 Å². The first kappa shape index (κ1) is 11.9. The first-order valence-corrected chi connectivity index (χ1v) is 7.10. The first-order chi connectivity index (χ1) is 7.99. The van der Waals surface area contributed by atoms with Gasteiger partial charge in [0.1, 0.15) is 0 Å². The molecule has 2 aromatic rings. The Hall–Kier alpha value is -1.60. The van der Waals surface area contributed by atoms with Crippen molar-refractivity contribution in [1.29, 1.82) is 0 Å². The van der Waals surface area contributed by atoms with Gasteiger partial charge < -0.3 is 9.52 Å². The highest BCUT2D eigenvalue weighted by Gasteiger charge is 2.21. The summed E-state index contributed by atoms with van der Waals surface area (Å²) in [5, 5.41) is 10.1. The summed E-state index contributed by atoms with van der Waals surface area (Å²) in [5.74, 6) is -1.85. The van der Waals surface area contributed by atoms with Crippen molar-refractivity contribution in [3.63, 3.8) is 0 Å². The van der Waals surface area contributed by atoms with E-state index < -0.39 is 15.8 Å². The Morgan fingerprint density at radius 1 is 1.35 bits per heavy atom. The standard InChI is InChI=1S/C10H8O5S2/c11-10(12)8-3-4-9(15-8)17(13,14)6-7-2-1-5-16-7/h1-5H,6H2,(H,11,12). The van der Waals surface area contributed by atoms with Crippen LogP contribution in [0.4, 0.5) is 0 Å². The van der Waals surface area contributed by atoms with E-state index in [1.54, 1.807) is 17.5 Å². The van der Waals surface area contributed by atoms with Gasteiger partial charge >= 0.3 is 5.97 Å². The van der Waals surface area contributed by atoms with Crippen LogP contribution < -0.4 is 0 Å². The van der Waals surface area contributed by atoms with E-state index in [1.807, 2.05) is 0 Å². The lowest BCUT2D eigenvalue weighted by atomic mass is 10.5. The van der Waals surface area contributed by atoms with Crippen LogP contribution in [0.25, 0.3) is 0 Å². The molecule has 0 radical (unpaired) electrons. The summed E-state index contributed by atoms with van der Waals surface area (Å²) >= 11 is 1.32. The van der Waals surface area contributed by atoms with Gasteiger partial charge in [0.25, 0.3) is 0 Å². The van der Waals surface area contributed by atoms with Crippen LogP contribution >= 0.6 is 11.3 Å². The van der Waals surface area contributed by atoms with Crippen molar-refractivity contribution in [1.82, 2.24) is 0 Å². The maximum atomic E-state index is 11.9. The molecule has 0 unspecified atom stereocenters. The van der Waals surface area contributed by atoms with E-state index in [0.717, 1.165) is 12.1 Å². The average molecular weight is 272 g/mol. The third-order valence-corrected chi connectivity index (χ3v) is 4.59. The average Bonchev–Trinajstić information content (AvgIpc) is 2.84. The molecule has 2 aromatic heterocycles. The summed E-state index contributed by atoms with van der Waals surface area (Å²) in [7, 11) is -3.62. The van der Waals surface area contributed by atoms with Crippen LogP contribution in [0.5, 0.6) is 0 Å². The second-order valence-corrected chi connectivity index (χ2v) is 6.22. The Bertz CT molecular complexity index is 621. The molecule has 0 amide bonds. The van der Waals surface area contributed by atoms with Crippen molar-refractivity contribution in [3.05, 3.63) is 40.3 Å². The molecule has 2 heterocycles. The first-order valence-electron chi connectivity index (χ1n) is 4.57. The zero-order valence-corrected chi connectivity index (χ0v) is 10.1. The molecule has 0 spiro atoms. The zero-order chi connectivity index (χ0) is 12.5. The van der Waals surface area contributed by atoms with E-state index in [2.05, 4.69) is 0 Å². The van der Waals surface area contributed by atoms with Gasteiger partial charge in [-0.25, -0.2) is 13.2 Å². The Morgan fingerprint density at radius 2 is 2.12 bits per heavy atom. The fourth-order valence-electron chi connectivity index (χ4n) is 1.26. The van der Waals surface area contributed by atoms with Crippen molar-refractivity contribution < 1.29 is 22.7 Å². The molecule has 0 saturated heterocycles. The lowest BCUT2D eigenvalue weighted by Gasteiger charge is -1.97. The highest BCUT2D eigenvalue weighted by atomic mass is 32.2. The second-order valence-electron chi connectivity index (χ2n) is 3.26. The molecule has 1 N–H and O–H groups in total. The van der Waals surface area contributed by atoms with Gasteiger partial charge in [-0.3, -0.25) is 0 Å². The Morgan fingerprint density at radius 3 is 2.65 bits per heavy atom. The SMILES string of the molecule is O=C(O)c1ccc(S(=O)(=O)Cc2cccs2)o1. The topological polar surface area (TPSA) is 84.6 Å². The fourth-order valence-corrected chi connectivity index (χ4v) is 3.59. The molecule has 0 saturated carbocycles. The minimum absolute atomic E-state index is 0.183. The van der Waals surface area contributed by atoms with Crippen LogP contribution in [-0.4, -0.2) is 19.5 Å². The van der Waals surface area contributed by atoms with E-state index in [1.165, 1.54) is 11.3 Å². The van der Waals surface area contributed by atoms with Crippen molar-refractivity contribution in [3.8, 4) is 0 Å². The number of hydrogen-bond acceptors (Lipinski definition) is 5. The van der Waals surface area contributed by atoms with Gasteiger partial charge in [-0.15, -0.1) is 11.3 Å². The molecule has 90 valence electrons. The number of hydrogen-bond donors (Lipinski definition) is 1. The molecule has 17 heavy (non-hydrogen) atoms. The predicted molar refractivity (Wildman–Crippen MR) is 60.9 cm³/mol. The van der Waals surface area contributed by atoms with Crippen LogP contribution in [-0.2, 0) is 15.6 Å². The van der Waals surface area contributed by atoms with E-state index in [9.17, 15) is 13.2 Å². The molecule has 0 aliphatic heterocycles. The number of rotatable bonds is 4. The molecule has 0 bridgehead atoms. The number of thiophene rings is 1.